The van der Waals surface area contributed by atoms with Gasteiger partial charge >= 0.3 is 5.97 Å². The molecule has 9 heteroatoms. The summed E-state index contributed by atoms with van der Waals surface area (Å²) in [6.07, 6.45) is 0.977. The van der Waals surface area contributed by atoms with Crippen LogP contribution in [0, 0.1) is 5.92 Å². The Kier molecular flexibility index (Phi) is 6.13. The molecule has 27 heavy (non-hydrogen) atoms. The van der Waals surface area contributed by atoms with Gasteiger partial charge in [0.25, 0.3) is 0 Å². The first-order valence-corrected chi connectivity index (χ1v) is 10.6. The SMILES string of the molecule is COC(=O)c1ccccc1S(=O)(=O)N1CCC(C(=O)N2CCNCC2)CC1. The first kappa shape index (κ1) is 19.8. The third-order valence-corrected chi connectivity index (χ3v) is 7.10. The Balaban J connectivity index is 1.70. The van der Waals surface area contributed by atoms with Crippen molar-refractivity contribution >= 4 is 21.9 Å². The van der Waals surface area contributed by atoms with Gasteiger partial charge in [0, 0.05) is 45.2 Å². The van der Waals surface area contributed by atoms with Gasteiger partial charge in [-0.05, 0) is 25.0 Å². The highest BCUT2D eigenvalue weighted by molar-refractivity contribution is 7.89. The molecule has 2 heterocycles. The Morgan fingerprint density at radius 2 is 1.70 bits per heavy atom. The molecule has 2 aliphatic rings. The molecule has 8 nitrogen and oxygen atoms in total. The lowest BCUT2D eigenvalue weighted by molar-refractivity contribution is -0.137. The lowest BCUT2D eigenvalue weighted by atomic mass is 9.96. The van der Waals surface area contributed by atoms with Gasteiger partial charge < -0.3 is 15.0 Å². The smallest absolute Gasteiger partial charge is 0.339 e. The van der Waals surface area contributed by atoms with Gasteiger partial charge in [0.2, 0.25) is 15.9 Å². The van der Waals surface area contributed by atoms with E-state index in [1.54, 1.807) is 12.1 Å². The predicted molar refractivity (Wildman–Crippen MR) is 98.7 cm³/mol. The number of hydrogen-bond acceptors (Lipinski definition) is 6. The maximum atomic E-state index is 13.0. The van der Waals surface area contributed by atoms with Gasteiger partial charge in [-0.3, -0.25) is 4.79 Å². The van der Waals surface area contributed by atoms with E-state index in [2.05, 4.69) is 5.32 Å². The van der Waals surface area contributed by atoms with Crippen LogP contribution >= 0.6 is 0 Å². The van der Waals surface area contributed by atoms with Crippen molar-refractivity contribution in [1.82, 2.24) is 14.5 Å². The second-order valence-corrected chi connectivity index (χ2v) is 8.65. The van der Waals surface area contributed by atoms with Gasteiger partial charge in [-0.15, -0.1) is 0 Å². The summed E-state index contributed by atoms with van der Waals surface area (Å²) in [6.45, 7) is 3.51. The summed E-state index contributed by atoms with van der Waals surface area (Å²) in [5.74, 6) is -0.716. The molecule has 2 fully saturated rings. The van der Waals surface area contributed by atoms with Crippen LogP contribution < -0.4 is 5.32 Å². The van der Waals surface area contributed by atoms with Gasteiger partial charge in [-0.2, -0.15) is 4.31 Å². The minimum absolute atomic E-state index is 0.0269. The van der Waals surface area contributed by atoms with E-state index in [1.807, 2.05) is 4.90 Å². The molecule has 0 aromatic heterocycles. The van der Waals surface area contributed by atoms with Crippen molar-refractivity contribution < 1.29 is 22.7 Å². The van der Waals surface area contributed by atoms with E-state index in [0.717, 1.165) is 13.1 Å². The summed E-state index contributed by atoms with van der Waals surface area (Å²) in [5.41, 5.74) is 0.0269. The highest BCUT2D eigenvalue weighted by atomic mass is 32.2. The van der Waals surface area contributed by atoms with E-state index in [4.69, 9.17) is 4.74 Å². The fourth-order valence-electron chi connectivity index (χ4n) is 3.60. The average molecular weight is 395 g/mol. The molecule has 1 aromatic rings. The van der Waals surface area contributed by atoms with E-state index in [-0.39, 0.29) is 35.4 Å². The number of methoxy groups -OCH3 is 1. The van der Waals surface area contributed by atoms with Crippen molar-refractivity contribution in [3.63, 3.8) is 0 Å². The minimum atomic E-state index is -3.82. The molecule has 148 valence electrons. The summed E-state index contributed by atoms with van der Waals surface area (Å²) < 4.78 is 32.1. The summed E-state index contributed by atoms with van der Waals surface area (Å²) in [5, 5.41) is 3.22. The Bertz CT molecular complexity index is 797. The van der Waals surface area contributed by atoms with Crippen molar-refractivity contribution in [2.45, 2.75) is 17.7 Å². The van der Waals surface area contributed by atoms with Crippen LogP contribution in [0.15, 0.2) is 29.2 Å². The standard InChI is InChI=1S/C18H25N3O5S/c1-26-18(23)15-4-2-3-5-16(15)27(24,25)21-10-6-14(7-11-21)17(22)20-12-8-19-9-13-20/h2-5,14,19H,6-13H2,1H3. The number of hydrogen-bond donors (Lipinski definition) is 1. The molecular formula is C18H25N3O5S. The average Bonchev–Trinajstić information content (AvgIpc) is 2.73. The maximum Gasteiger partial charge on any atom is 0.339 e. The topological polar surface area (TPSA) is 96.0 Å². The third-order valence-electron chi connectivity index (χ3n) is 5.14. The number of ether oxygens (including phenoxy) is 1. The van der Waals surface area contributed by atoms with E-state index in [1.165, 1.54) is 23.5 Å². The molecule has 0 radical (unpaired) electrons. The molecule has 3 rings (SSSR count). The molecule has 1 aromatic carbocycles. The zero-order chi connectivity index (χ0) is 19.4. The number of benzene rings is 1. The molecule has 0 unspecified atom stereocenters. The fourth-order valence-corrected chi connectivity index (χ4v) is 5.25. The molecule has 0 atom stereocenters. The Morgan fingerprint density at radius 1 is 1.07 bits per heavy atom. The molecular weight excluding hydrogens is 370 g/mol. The van der Waals surface area contributed by atoms with E-state index in [9.17, 15) is 18.0 Å². The van der Waals surface area contributed by atoms with Gasteiger partial charge in [0.1, 0.15) is 0 Å². The van der Waals surface area contributed by atoms with Gasteiger partial charge in [0.15, 0.2) is 0 Å². The minimum Gasteiger partial charge on any atom is -0.465 e. The number of carbonyl (C=O) groups is 2. The number of sulfonamides is 1. The maximum absolute atomic E-state index is 13.0. The number of amides is 1. The number of nitrogens with one attached hydrogen (secondary N) is 1. The summed E-state index contributed by atoms with van der Waals surface area (Å²) in [6, 6.07) is 6.04. The number of nitrogens with zero attached hydrogens (tertiary/aromatic N) is 2. The number of esters is 1. The number of rotatable bonds is 4. The zero-order valence-electron chi connectivity index (χ0n) is 15.4. The highest BCUT2D eigenvalue weighted by Crippen LogP contribution is 2.27. The quantitative estimate of drug-likeness (QED) is 0.737. The van der Waals surface area contributed by atoms with Crippen LogP contribution in [-0.2, 0) is 19.6 Å². The van der Waals surface area contributed by atoms with Crippen LogP contribution in [-0.4, -0.2) is 75.9 Å². The Labute approximate surface area is 159 Å². The van der Waals surface area contributed by atoms with E-state index >= 15 is 0 Å². The van der Waals surface area contributed by atoms with Crippen LogP contribution in [0.5, 0.6) is 0 Å². The van der Waals surface area contributed by atoms with Crippen molar-refractivity contribution in [3.05, 3.63) is 29.8 Å². The largest absolute Gasteiger partial charge is 0.465 e. The van der Waals surface area contributed by atoms with E-state index in [0.29, 0.717) is 25.9 Å². The number of piperazine rings is 1. The summed E-state index contributed by atoms with van der Waals surface area (Å²) in [7, 11) is -2.60. The van der Waals surface area contributed by atoms with E-state index < -0.39 is 16.0 Å². The van der Waals surface area contributed by atoms with Crippen molar-refractivity contribution in [3.8, 4) is 0 Å². The summed E-state index contributed by atoms with van der Waals surface area (Å²) >= 11 is 0. The van der Waals surface area contributed by atoms with Gasteiger partial charge in [-0.1, -0.05) is 12.1 Å². The lowest BCUT2D eigenvalue weighted by Gasteiger charge is -2.35. The molecule has 1 N–H and O–H groups in total. The molecule has 0 aliphatic carbocycles. The van der Waals surface area contributed by atoms with Crippen LogP contribution in [0.3, 0.4) is 0 Å². The van der Waals surface area contributed by atoms with Crippen LogP contribution in [0.25, 0.3) is 0 Å². The monoisotopic (exact) mass is 395 g/mol. The van der Waals surface area contributed by atoms with Crippen LogP contribution in [0.1, 0.15) is 23.2 Å². The Hall–Kier alpha value is -1.97. The van der Waals surface area contributed by atoms with Crippen molar-refractivity contribution in [1.29, 1.82) is 0 Å². The molecule has 2 saturated heterocycles. The van der Waals surface area contributed by atoms with Crippen LogP contribution in [0.4, 0.5) is 0 Å². The number of carbonyl (C=O) groups excluding carboxylic acids is 2. The molecule has 1 amide bonds. The second-order valence-electron chi connectivity index (χ2n) is 6.74. The molecule has 0 spiro atoms. The zero-order valence-corrected chi connectivity index (χ0v) is 16.2. The lowest BCUT2D eigenvalue weighted by Crippen LogP contribution is -2.50. The number of piperidine rings is 1. The summed E-state index contributed by atoms with van der Waals surface area (Å²) in [4.78, 5) is 26.4. The second kappa shape index (κ2) is 8.37. The van der Waals surface area contributed by atoms with Gasteiger partial charge in [0.05, 0.1) is 17.6 Å². The van der Waals surface area contributed by atoms with Crippen LogP contribution in [0.2, 0.25) is 0 Å². The first-order chi connectivity index (χ1) is 12.9. The predicted octanol–water partition coefficient (Wildman–Crippen LogP) is 0.306. The third kappa shape index (κ3) is 4.15. The molecule has 2 aliphatic heterocycles. The normalized spacial score (nSPS) is 19.7. The molecule has 0 saturated carbocycles. The highest BCUT2D eigenvalue weighted by Gasteiger charge is 2.35. The molecule has 0 bridgehead atoms. The first-order valence-electron chi connectivity index (χ1n) is 9.12. The van der Waals surface area contributed by atoms with Crippen molar-refractivity contribution in [2.75, 3.05) is 46.4 Å². The Morgan fingerprint density at radius 3 is 2.33 bits per heavy atom. The fraction of sp³-hybridized carbons (Fsp3) is 0.556. The van der Waals surface area contributed by atoms with Gasteiger partial charge in [-0.25, -0.2) is 13.2 Å². The van der Waals surface area contributed by atoms with Crippen molar-refractivity contribution in [2.24, 2.45) is 5.92 Å².